The molecule has 0 aliphatic carbocycles. The standard InChI is InChI=1S/C16H28N4O8/c1-7(2)12(20-13(24)9(17)4-5-11(22)23)15(26)19-10(6-21)14(25)18-8(3)16(27)28/h7-10,12,21H,4-6,17H2,1-3H3,(H,18,25)(H,19,26)(H,20,24)(H,22,23)(H,27,28). The summed E-state index contributed by atoms with van der Waals surface area (Å²) in [7, 11) is 0. The lowest BCUT2D eigenvalue weighted by molar-refractivity contribution is -0.142. The molecular weight excluding hydrogens is 376 g/mol. The Bertz CT molecular complexity index is 595. The van der Waals surface area contributed by atoms with Crippen LogP contribution in [-0.4, -0.2) is 75.8 Å². The van der Waals surface area contributed by atoms with Crippen molar-refractivity contribution in [3.8, 4) is 0 Å². The Kier molecular flexibility index (Phi) is 10.7. The number of hydrogen-bond acceptors (Lipinski definition) is 7. The molecule has 0 aliphatic heterocycles. The molecule has 0 heterocycles. The van der Waals surface area contributed by atoms with Crippen molar-refractivity contribution in [1.29, 1.82) is 0 Å². The normalized spacial score (nSPS) is 15.1. The Morgan fingerprint density at radius 1 is 0.893 bits per heavy atom. The lowest BCUT2D eigenvalue weighted by atomic mass is 10.0. The van der Waals surface area contributed by atoms with Crippen LogP contribution in [0.25, 0.3) is 0 Å². The van der Waals surface area contributed by atoms with E-state index in [-0.39, 0.29) is 12.8 Å². The third-order valence-corrected chi connectivity index (χ3v) is 3.80. The van der Waals surface area contributed by atoms with Gasteiger partial charge in [0.1, 0.15) is 18.1 Å². The Morgan fingerprint density at radius 3 is 1.89 bits per heavy atom. The van der Waals surface area contributed by atoms with Crippen molar-refractivity contribution in [3.05, 3.63) is 0 Å². The summed E-state index contributed by atoms with van der Waals surface area (Å²) in [6.45, 7) is 3.66. The van der Waals surface area contributed by atoms with Gasteiger partial charge in [0.2, 0.25) is 17.7 Å². The molecule has 12 heteroatoms. The molecule has 4 atom stereocenters. The first kappa shape index (κ1) is 25.3. The van der Waals surface area contributed by atoms with Crippen molar-refractivity contribution in [2.75, 3.05) is 6.61 Å². The maximum atomic E-state index is 12.4. The molecule has 0 aromatic heterocycles. The highest BCUT2D eigenvalue weighted by Crippen LogP contribution is 2.05. The molecule has 12 nitrogen and oxygen atoms in total. The average Bonchev–Trinajstić information content (AvgIpc) is 2.60. The number of nitrogens with two attached hydrogens (primary N) is 1. The van der Waals surface area contributed by atoms with E-state index < -0.39 is 66.4 Å². The first-order valence-electron chi connectivity index (χ1n) is 8.62. The van der Waals surface area contributed by atoms with Crippen LogP contribution in [0.1, 0.15) is 33.6 Å². The van der Waals surface area contributed by atoms with Crippen LogP contribution in [0.15, 0.2) is 0 Å². The number of rotatable bonds is 12. The summed E-state index contributed by atoms with van der Waals surface area (Å²) < 4.78 is 0. The number of aliphatic carboxylic acids is 2. The van der Waals surface area contributed by atoms with Crippen LogP contribution in [0.5, 0.6) is 0 Å². The van der Waals surface area contributed by atoms with Crippen molar-refractivity contribution >= 4 is 29.7 Å². The van der Waals surface area contributed by atoms with Gasteiger partial charge in [-0.25, -0.2) is 0 Å². The quantitative estimate of drug-likeness (QED) is 0.181. The molecule has 0 saturated heterocycles. The van der Waals surface area contributed by atoms with Gasteiger partial charge in [0.15, 0.2) is 0 Å². The second-order valence-corrected chi connectivity index (χ2v) is 6.58. The number of amides is 3. The maximum absolute atomic E-state index is 12.4. The summed E-state index contributed by atoms with van der Waals surface area (Å²) in [5.41, 5.74) is 5.61. The third-order valence-electron chi connectivity index (χ3n) is 3.80. The third kappa shape index (κ3) is 8.77. The van der Waals surface area contributed by atoms with Crippen molar-refractivity contribution in [1.82, 2.24) is 16.0 Å². The maximum Gasteiger partial charge on any atom is 0.325 e. The molecule has 0 aliphatic rings. The fourth-order valence-electron chi connectivity index (χ4n) is 2.04. The predicted octanol–water partition coefficient (Wildman–Crippen LogP) is -2.61. The number of carbonyl (C=O) groups is 5. The van der Waals surface area contributed by atoms with E-state index in [4.69, 9.17) is 15.9 Å². The zero-order valence-corrected chi connectivity index (χ0v) is 16.0. The van der Waals surface area contributed by atoms with Crippen LogP contribution in [0.4, 0.5) is 0 Å². The zero-order chi connectivity index (χ0) is 22.0. The SMILES string of the molecule is CC(NC(=O)C(CO)NC(=O)C(NC(=O)C(N)CCC(=O)O)C(C)C)C(=O)O. The largest absolute Gasteiger partial charge is 0.481 e. The number of carbonyl (C=O) groups excluding carboxylic acids is 3. The highest BCUT2D eigenvalue weighted by Gasteiger charge is 2.30. The highest BCUT2D eigenvalue weighted by molar-refractivity contribution is 5.94. The molecule has 0 radical (unpaired) electrons. The number of carboxylic acid groups (broad SMARTS) is 2. The summed E-state index contributed by atoms with van der Waals surface area (Å²) in [5, 5.41) is 33.5. The molecule has 0 rings (SSSR count). The van der Waals surface area contributed by atoms with E-state index in [1.54, 1.807) is 13.8 Å². The van der Waals surface area contributed by atoms with E-state index in [0.717, 1.165) is 0 Å². The molecule has 0 saturated carbocycles. The van der Waals surface area contributed by atoms with Crippen molar-refractivity contribution in [3.63, 3.8) is 0 Å². The molecule has 160 valence electrons. The summed E-state index contributed by atoms with van der Waals surface area (Å²) >= 11 is 0. The topological polar surface area (TPSA) is 208 Å². The van der Waals surface area contributed by atoms with Gasteiger partial charge in [0.25, 0.3) is 0 Å². The number of nitrogens with one attached hydrogen (secondary N) is 3. The summed E-state index contributed by atoms with van der Waals surface area (Å²) in [5.74, 6) is -5.26. The van der Waals surface area contributed by atoms with E-state index in [1.807, 2.05) is 0 Å². The minimum absolute atomic E-state index is 0.123. The van der Waals surface area contributed by atoms with Crippen LogP contribution in [0.2, 0.25) is 0 Å². The van der Waals surface area contributed by atoms with E-state index in [0.29, 0.717) is 0 Å². The lowest BCUT2D eigenvalue weighted by Crippen LogP contribution is -2.59. The number of aliphatic hydroxyl groups excluding tert-OH is 1. The van der Waals surface area contributed by atoms with Crippen LogP contribution >= 0.6 is 0 Å². The van der Waals surface area contributed by atoms with E-state index >= 15 is 0 Å². The molecule has 4 unspecified atom stereocenters. The van der Waals surface area contributed by atoms with Crippen molar-refractivity contribution < 1.29 is 39.3 Å². The molecule has 0 aromatic carbocycles. The van der Waals surface area contributed by atoms with E-state index in [9.17, 15) is 29.1 Å². The molecule has 8 N–H and O–H groups in total. The minimum atomic E-state index is -1.42. The van der Waals surface area contributed by atoms with Crippen LogP contribution < -0.4 is 21.7 Å². The van der Waals surface area contributed by atoms with Gasteiger partial charge < -0.3 is 37.0 Å². The van der Waals surface area contributed by atoms with Crippen LogP contribution in [0.3, 0.4) is 0 Å². The van der Waals surface area contributed by atoms with Crippen LogP contribution in [0, 0.1) is 5.92 Å². The zero-order valence-electron chi connectivity index (χ0n) is 16.0. The average molecular weight is 404 g/mol. The molecule has 0 spiro atoms. The van der Waals surface area contributed by atoms with Crippen LogP contribution in [-0.2, 0) is 24.0 Å². The molecule has 0 aromatic rings. The first-order chi connectivity index (χ1) is 12.9. The van der Waals surface area contributed by atoms with Gasteiger partial charge in [-0.1, -0.05) is 13.8 Å². The van der Waals surface area contributed by atoms with Gasteiger partial charge in [0.05, 0.1) is 12.6 Å². The van der Waals surface area contributed by atoms with Gasteiger partial charge >= 0.3 is 11.9 Å². The Labute approximate surface area is 161 Å². The molecule has 0 bridgehead atoms. The van der Waals surface area contributed by atoms with E-state index in [2.05, 4.69) is 16.0 Å². The molecule has 0 fully saturated rings. The summed E-state index contributed by atoms with van der Waals surface area (Å²) in [6, 6.07) is -4.90. The smallest absolute Gasteiger partial charge is 0.325 e. The number of carboxylic acids is 2. The number of aliphatic hydroxyl groups is 1. The van der Waals surface area contributed by atoms with Gasteiger partial charge in [-0.3, -0.25) is 24.0 Å². The second-order valence-electron chi connectivity index (χ2n) is 6.58. The molecule has 3 amide bonds. The Balaban J connectivity index is 4.99. The minimum Gasteiger partial charge on any atom is -0.481 e. The van der Waals surface area contributed by atoms with Crippen molar-refractivity contribution in [2.24, 2.45) is 11.7 Å². The Morgan fingerprint density at radius 2 is 1.46 bits per heavy atom. The lowest BCUT2D eigenvalue weighted by Gasteiger charge is -2.26. The highest BCUT2D eigenvalue weighted by atomic mass is 16.4. The molecular formula is C16H28N4O8. The van der Waals surface area contributed by atoms with E-state index in [1.165, 1.54) is 6.92 Å². The monoisotopic (exact) mass is 404 g/mol. The second kappa shape index (κ2) is 11.9. The summed E-state index contributed by atoms with van der Waals surface area (Å²) in [4.78, 5) is 57.8. The van der Waals surface area contributed by atoms with Gasteiger partial charge in [-0.05, 0) is 19.3 Å². The fourth-order valence-corrected chi connectivity index (χ4v) is 2.04. The van der Waals surface area contributed by atoms with Gasteiger partial charge in [-0.2, -0.15) is 0 Å². The molecule has 28 heavy (non-hydrogen) atoms. The predicted molar refractivity (Wildman–Crippen MR) is 95.9 cm³/mol. The first-order valence-corrected chi connectivity index (χ1v) is 8.62. The van der Waals surface area contributed by atoms with Crippen molar-refractivity contribution in [2.45, 2.75) is 57.8 Å². The number of hydrogen-bond donors (Lipinski definition) is 7. The fraction of sp³-hybridized carbons (Fsp3) is 0.688. The summed E-state index contributed by atoms with van der Waals surface area (Å²) in [6.07, 6.45) is -0.440. The Hall–Kier alpha value is -2.73. The van der Waals surface area contributed by atoms with Gasteiger partial charge in [-0.15, -0.1) is 0 Å². The van der Waals surface area contributed by atoms with Gasteiger partial charge in [0, 0.05) is 6.42 Å².